The molecule has 0 bridgehead atoms. The van der Waals surface area contributed by atoms with Crippen molar-refractivity contribution in [2.24, 2.45) is 10.7 Å². The predicted molar refractivity (Wildman–Crippen MR) is 81.6 cm³/mol. The summed E-state index contributed by atoms with van der Waals surface area (Å²) in [5.74, 6) is 1.08. The van der Waals surface area contributed by atoms with Crippen LogP contribution in [-0.2, 0) is 12.4 Å². The van der Waals surface area contributed by atoms with E-state index in [1.54, 1.807) is 0 Å². The van der Waals surface area contributed by atoms with Gasteiger partial charge in [-0.15, -0.1) is 11.6 Å². The highest BCUT2D eigenvalue weighted by Gasteiger charge is 1.98. The van der Waals surface area contributed by atoms with Crippen molar-refractivity contribution in [1.82, 2.24) is 0 Å². The molecule has 2 aromatic carbocycles. The topological polar surface area (TPSA) is 38.4 Å². The van der Waals surface area contributed by atoms with Crippen LogP contribution in [-0.4, -0.2) is 5.84 Å². The number of halogens is 1. The minimum Gasteiger partial charge on any atom is -0.383 e. The number of benzene rings is 2. The van der Waals surface area contributed by atoms with Crippen molar-refractivity contribution in [3.05, 3.63) is 70.8 Å². The van der Waals surface area contributed by atoms with Crippen molar-refractivity contribution in [2.75, 3.05) is 0 Å². The lowest BCUT2D eigenvalue weighted by atomic mass is 10.1. The molecule has 0 amide bonds. The van der Waals surface area contributed by atoms with Crippen molar-refractivity contribution in [3.8, 4) is 0 Å². The molecule has 98 valence electrons. The summed E-state index contributed by atoms with van der Waals surface area (Å²) in [5, 5.41) is 0. The number of aliphatic imine (C=N–C) groups is 1. The van der Waals surface area contributed by atoms with Crippen molar-refractivity contribution in [3.63, 3.8) is 0 Å². The number of hydrogen-bond donors (Lipinski definition) is 1. The Labute approximate surface area is 118 Å². The van der Waals surface area contributed by atoms with E-state index in [2.05, 4.69) is 18.0 Å². The number of hydrogen-bond acceptors (Lipinski definition) is 1. The molecule has 0 aromatic heterocycles. The molecular formula is C16H17ClN2. The van der Waals surface area contributed by atoms with Gasteiger partial charge in [0.25, 0.3) is 0 Å². The predicted octanol–water partition coefficient (Wildman–Crippen LogP) is 3.64. The third kappa shape index (κ3) is 3.83. The SMILES string of the molecule is Cc1ccc(C(N)=NCc2cccc(CCl)c2)cc1. The van der Waals surface area contributed by atoms with E-state index in [0.29, 0.717) is 18.3 Å². The van der Waals surface area contributed by atoms with Gasteiger partial charge in [0.15, 0.2) is 0 Å². The number of aryl methyl sites for hydroxylation is 1. The summed E-state index contributed by atoms with van der Waals surface area (Å²) in [5.41, 5.74) is 10.4. The lowest BCUT2D eigenvalue weighted by Crippen LogP contribution is -2.13. The summed E-state index contributed by atoms with van der Waals surface area (Å²) in [7, 11) is 0. The summed E-state index contributed by atoms with van der Waals surface area (Å²) in [6, 6.07) is 16.1. The van der Waals surface area contributed by atoms with Crippen LogP contribution in [0.25, 0.3) is 0 Å². The van der Waals surface area contributed by atoms with Crippen LogP contribution >= 0.6 is 11.6 Å². The van der Waals surface area contributed by atoms with E-state index >= 15 is 0 Å². The van der Waals surface area contributed by atoms with E-state index in [0.717, 1.165) is 16.7 Å². The molecule has 0 spiro atoms. The molecule has 0 unspecified atom stereocenters. The van der Waals surface area contributed by atoms with Crippen LogP contribution in [0.4, 0.5) is 0 Å². The van der Waals surface area contributed by atoms with Crippen LogP contribution < -0.4 is 5.73 Å². The van der Waals surface area contributed by atoms with E-state index in [1.165, 1.54) is 5.56 Å². The average Bonchev–Trinajstić information content (AvgIpc) is 2.46. The van der Waals surface area contributed by atoms with Crippen LogP contribution in [0.3, 0.4) is 0 Å². The maximum Gasteiger partial charge on any atom is 0.125 e. The molecule has 0 saturated carbocycles. The average molecular weight is 273 g/mol. The number of nitrogens with two attached hydrogens (primary N) is 1. The van der Waals surface area contributed by atoms with Gasteiger partial charge in [-0.1, -0.05) is 54.1 Å². The molecule has 0 heterocycles. The second kappa shape index (κ2) is 6.39. The number of alkyl halides is 1. The minimum absolute atomic E-state index is 0.519. The Bertz CT molecular complexity index is 574. The monoisotopic (exact) mass is 272 g/mol. The van der Waals surface area contributed by atoms with Crippen molar-refractivity contribution in [2.45, 2.75) is 19.3 Å². The van der Waals surface area contributed by atoms with Gasteiger partial charge in [0.2, 0.25) is 0 Å². The summed E-state index contributed by atoms with van der Waals surface area (Å²) in [6.45, 7) is 2.62. The molecule has 2 rings (SSSR count). The maximum atomic E-state index is 5.99. The Morgan fingerprint density at radius 2 is 1.79 bits per heavy atom. The molecule has 0 aliphatic heterocycles. The second-order valence-electron chi connectivity index (χ2n) is 4.52. The van der Waals surface area contributed by atoms with Gasteiger partial charge in [-0.05, 0) is 18.1 Å². The molecule has 0 radical (unpaired) electrons. The van der Waals surface area contributed by atoms with Gasteiger partial charge in [-0.3, -0.25) is 4.99 Å². The van der Waals surface area contributed by atoms with Crippen LogP contribution in [0.5, 0.6) is 0 Å². The van der Waals surface area contributed by atoms with Crippen LogP contribution in [0.1, 0.15) is 22.3 Å². The second-order valence-corrected chi connectivity index (χ2v) is 4.79. The van der Waals surface area contributed by atoms with Gasteiger partial charge in [0.05, 0.1) is 6.54 Å². The molecule has 2 nitrogen and oxygen atoms in total. The Morgan fingerprint density at radius 1 is 1.11 bits per heavy atom. The van der Waals surface area contributed by atoms with E-state index in [9.17, 15) is 0 Å². The summed E-state index contributed by atoms with van der Waals surface area (Å²) in [6.07, 6.45) is 0. The highest BCUT2D eigenvalue weighted by Crippen LogP contribution is 2.09. The van der Waals surface area contributed by atoms with Gasteiger partial charge < -0.3 is 5.73 Å². The standard InChI is InChI=1S/C16H17ClN2/c1-12-5-7-15(8-6-12)16(18)19-11-14-4-2-3-13(9-14)10-17/h2-9H,10-11H2,1H3,(H2,18,19). The normalized spacial score (nSPS) is 11.6. The fourth-order valence-electron chi connectivity index (χ4n) is 1.80. The van der Waals surface area contributed by atoms with Gasteiger partial charge >= 0.3 is 0 Å². The van der Waals surface area contributed by atoms with Crippen LogP contribution in [0.2, 0.25) is 0 Å². The fourth-order valence-corrected chi connectivity index (χ4v) is 1.97. The first-order valence-electron chi connectivity index (χ1n) is 6.20. The zero-order valence-corrected chi connectivity index (χ0v) is 11.7. The maximum absolute atomic E-state index is 5.99. The zero-order valence-electron chi connectivity index (χ0n) is 10.9. The van der Waals surface area contributed by atoms with Gasteiger partial charge in [0, 0.05) is 11.4 Å². The largest absolute Gasteiger partial charge is 0.383 e. The summed E-state index contributed by atoms with van der Waals surface area (Å²) >= 11 is 5.81. The third-order valence-corrected chi connectivity index (χ3v) is 3.23. The molecule has 19 heavy (non-hydrogen) atoms. The molecule has 0 saturated heterocycles. The first-order chi connectivity index (χ1) is 9.19. The molecular weight excluding hydrogens is 256 g/mol. The number of amidine groups is 1. The molecule has 0 atom stereocenters. The van der Waals surface area contributed by atoms with Crippen molar-refractivity contribution in [1.29, 1.82) is 0 Å². The molecule has 2 aromatic rings. The number of nitrogens with zero attached hydrogens (tertiary/aromatic N) is 1. The smallest absolute Gasteiger partial charge is 0.125 e. The van der Waals surface area contributed by atoms with E-state index in [1.807, 2.05) is 42.5 Å². The molecule has 0 aliphatic carbocycles. The first-order valence-corrected chi connectivity index (χ1v) is 6.73. The molecule has 0 aliphatic rings. The molecule has 0 fully saturated rings. The Morgan fingerprint density at radius 3 is 2.47 bits per heavy atom. The van der Waals surface area contributed by atoms with Crippen molar-refractivity contribution >= 4 is 17.4 Å². The molecule has 3 heteroatoms. The van der Waals surface area contributed by atoms with Crippen molar-refractivity contribution < 1.29 is 0 Å². The summed E-state index contributed by atoms with van der Waals surface area (Å²) in [4.78, 5) is 4.42. The van der Waals surface area contributed by atoms with E-state index in [4.69, 9.17) is 17.3 Å². The summed E-state index contributed by atoms with van der Waals surface area (Å²) < 4.78 is 0. The minimum atomic E-state index is 0.519. The quantitative estimate of drug-likeness (QED) is 0.515. The number of rotatable bonds is 4. The Hall–Kier alpha value is -1.80. The van der Waals surface area contributed by atoms with Gasteiger partial charge in [0.1, 0.15) is 5.84 Å². The molecule has 2 N–H and O–H groups in total. The van der Waals surface area contributed by atoms with Gasteiger partial charge in [-0.25, -0.2) is 0 Å². The highest BCUT2D eigenvalue weighted by atomic mass is 35.5. The van der Waals surface area contributed by atoms with Gasteiger partial charge in [-0.2, -0.15) is 0 Å². The Balaban J connectivity index is 2.10. The Kier molecular flexibility index (Phi) is 4.58. The first kappa shape index (κ1) is 13.6. The van der Waals surface area contributed by atoms with Crippen LogP contribution in [0.15, 0.2) is 53.5 Å². The highest BCUT2D eigenvalue weighted by molar-refractivity contribution is 6.17. The van der Waals surface area contributed by atoms with E-state index in [-0.39, 0.29) is 0 Å². The van der Waals surface area contributed by atoms with E-state index < -0.39 is 0 Å². The third-order valence-electron chi connectivity index (χ3n) is 2.93. The van der Waals surface area contributed by atoms with Crippen LogP contribution in [0, 0.1) is 6.92 Å². The lowest BCUT2D eigenvalue weighted by molar-refractivity contribution is 1.06. The zero-order chi connectivity index (χ0) is 13.7. The lowest BCUT2D eigenvalue weighted by Gasteiger charge is -2.03. The fraction of sp³-hybridized carbons (Fsp3) is 0.188.